The lowest BCUT2D eigenvalue weighted by molar-refractivity contribution is -0.143. The Hall–Kier alpha value is -1.99. The van der Waals surface area contributed by atoms with Crippen molar-refractivity contribution in [3.05, 3.63) is 59.0 Å². The molecule has 0 aliphatic rings. The minimum atomic E-state index is -0.601. The molecule has 1 aromatic heterocycles. The quantitative estimate of drug-likeness (QED) is 0.312. The third-order valence-corrected chi connectivity index (χ3v) is 4.20. The topological polar surface area (TPSA) is 68.5 Å². The zero-order valence-electron chi connectivity index (χ0n) is 12.7. The van der Waals surface area contributed by atoms with E-state index in [0.29, 0.717) is 17.0 Å². The molecule has 0 radical (unpaired) electrons. The Bertz CT molecular complexity index is 700. The van der Waals surface area contributed by atoms with Crippen LogP contribution in [0.2, 0.25) is 0 Å². The smallest absolute Gasteiger partial charge is 0.331 e. The third-order valence-electron chi connectivity index (χ3n) is 2.76. The number of ether oxygens (including phenoxy) is 1. The van der Waals surface area contributed by atoms with Crippen LogP contribution in [0.4, 0.5) is 0 Å². The fourth-order valence-corrected chi connectivity index (χ4v) is 2.79. The molecule has 1 amide bonds. The van der Waals surface area contributed by atoms with E-state index in [9.17, 15) is 9.59 Å². The molecule has 0 saturated heterocycles. The van der Waals surface area contributed by atoms with Crippen molar-refractivity contribution in [2.45, 2.75) is 4.90 Å². The summed E-state index contributed by atoms with van der Waals surface area (Å²) < 4.78 is 10.6. The van der Waals surface area contributed by atoms with E-state index in [0.717, 1.165) is 10.6 Å². The molecule has 0 spiro atoms. The second-order valence-electron chi connectivity index (χ2n) is 4.59. The largest absolute Gasteiger partial charge is 0.452 e. The van der Waals surface area contributed by atoms with E-state index < -0.39 is 5.97 Å². The van der Waals surface area contributed by atoms with E-state index in [1.807, 2.05) is 30.3 Å². The number of amides is 1. The maximum atomic E-state index is 11.6. The Morgan fingerprint density at radius 2 is 2.00 bits per heavy atom. The molecule has 0 atom stereocenters. The van der Waals surface area contributed by atoms with Crippen molar-refractivity contribution in [2.24, 2.45) is 0 Å². The molecule has 0 fully saturated rings. The lowest BCUT2D eigenvalue weighted by atomic mass is 10.4. The first kappa shape index (κ1) is 18.4. The number of furan rings is 1. The molecule has 2 aromatic rings. The highest BCUT2D eigenvalue weighted by Crippen LogP contribution is 2.16. The number of carbonyl (C=O) groups excluding carboxylic acids is 2. The first-order valence-electron chi connectivity index (χ1n) is 7.18. The lowest BCUT2D eigenvalue weighted by Gasteiger charge is -2.05. The molecule has 24 heavy (non-hydrogen) atoms. The Balaban J connectivity index is 1.58. The van der Waals surface area contributed by atoms with Crippen LogP contribution in [-0.2, 0) is 14.3 Å². The monoisotopic (exact) mass is 409 g/mol. The van der Waals surface area contributed by atoms with Gasteiger partial charge >= 0.3 is 5.97 Å². The number of benzene rings is 1. The Morgan fingerprint density at radius 3 is 2.71 bits per heavy atom. The van der Waals surface area contributed by atoms with Gasteiger partial charge in [0.25, 0.3) is 5.91 Å². The minimum absolute atomic E-state index is 0.305. The molecule has 1 N–H and O–H groups in total. The van der Waals surface area contributed by atoms with Gasteiger partial charge in [-0.1, -0.05) is 18.2 Å². The van der Waals surface area contributed by atoms with Gasteiger partial charge in [0.2, 0.25) is 0 Å². The van der Waals surface area contributed by atoms with Crippen LogP contribution in [0.15, 0.2) is 62.5 Å². The average Bonchev–Trinajstić information content (AvgIpc) is 3.01. The van der Waals surface area contributed by atoms with Crippen LogP contribution >= 0.6 is 27.7 Å². The number of nitrogens with one attached hydrogen (secondary N) is 1. The Morgan fingerprint density at radius 1 is 1.21 bits per heavy atom. The average molecular weight is 410 g/mol. The van der Waals surface area contributed by atoms with Crippen LogP contribution in [0.3, 0.4) is 0 Å². The molecular formula is C17H16BrNO4S. The maximum Gasteiger partial charge on any atom is 0.331 e. The molecule has 0 bridgehead atoms. The molecule has 126 valence electrons. The second-order valence-corrected chi connectivity index (χ2v) is 6.54. The summed E-state index contributed by atoms with van der Waals surface area (Å²) >= 11 is 4.81. The fraction of sp³-hybridized carbons (Fsp3) is 0.176. The van der Waals surface area contributed by atoms with Crippen molar-refractivity contribution in [1.82, 2.24) is 5.32 Å². The number of hydrogen-bond acceptors (Lipinski definition) is 5. The van der Waals surface area contributed by atoms with Crippen LogP contribution < -0.4 is 5.32 Å². The van der Waals surface area contributed by atoms with Gasteiger partial charge < -0.3 is 14.5 Å². The molecule has 0 aliphatic heterocycles. The molecular weight excluding hydrogens is 394 g/mol. The fourth-order valence-electron chi connectivity index (χ4n) is 1.68. The summed E-state index contributed by atoms with van der Waals surface area (Å²) in [5.41, 5.74) is 0. The van der Waals surface area contributed by atoms with Gasteiger partial charge in [0.1, 0.15) is 5.76 Å². The van der Waals surface area contributed by atoms with Gasteiger partial charge in [-0.2, -0.15) is 0 Å². The summed E-state index contributed by atoms with van der Waals surface area (Å²) in [7, 11) is 0. The van der Waals surface area contributed by atoms with Gasteiger partial charge in [0, 0.05) is 23.3 Å². The molecule has 7 heteroatoms. The summed E-state index contributed by atoms with van der Waals surface area (Å²) in [6.07, 6.45) is 2.69. The highest BCUT2D eigenvalue weighted by Gasteiger charge is 2.05. The predicted octanol–water partition coefficient (Wildman–Crippen LogP) is 3.51. The SMILES string of the molecule is O=C(COC(=O)/C=C/c1ccc(Br)o1)NCCSc1ccccc1. The number of carbonyl (C=O) groups is 2. The summed E-state index contributed by atoms with van der Waals surface area (Å²) in [4.78, 5) is 24.2. The summed E-state index contributed by atoms with van der Waals surface area (Å²) in [6.45, 7) is 0.202. The highest BCUT2D eigenvalue weighted by molar-refractivity contribution is 9.10. The zero-order valence-corrected chi connectivity index (χ0v) is 15.1. The number of hydrogen-bond donors (Lipinski definition) is 1. The number of thioether (sulfide) groups is 1. The van der Waals surface area contributed by atoms with Crippen LogP contribution in [0.1, 0.15) is 5.76 Å². The molecule has 1 aromatic carbocycles. The third kappa shape index (κ3) is 7.06. The van der Waals surface area contributed by atoms with Crippen LogP contribution in [-0.4, -0.2) is 30.8 Å². The van der Waals surface area contributed by atoms with E-state index in [2.05, 4.69) is 21.2 Å². The van der Waals surface area contributed by atoms with E-state index >= 15 is 0 Å². The van der Waals surface area contributed by atoms with Crippen molar-refractivity contribution in [3.63, 3.8) is 0 Å². The summed E-state index contributed by atoms with van der Waals surface area (Å²) in [5.74, 6) is 0.334. The van der Waals surface area contributed by atoms with E-state index in [1.54, 1.807) is 23.9 Å². The van der Waals surface area contributed by atoms with Crippen molar-refractivity contribution in [3.8, 4) is 0 Å². The maximum absolute atomic E-state index is 11.6. The first-order chi connectivity index (χ1) is 11.6. The zero-order chi connectivity index (χ0) is 17.2. The molecule has 0 saturated carbocycles. The van der Waals surface area contributed by atoms with Gasteiger partial charge in [-0.25, -0.2) is 4.79 Å². The molecule has 5 nitrogen and oxygen atoms in total. The number of esters is 1. The molecule has 2 rings (SSSR count). The van der Waals surface area contributed by atoms with Crippen molar-refractivity contribution < 1.29 is 18.7 Å². The van der Waals surface area contributed by atoms with Gasteiger partial charge in [-0.3, -0.25) is 4.79 Å². The minimum Gasteiger partial charge on any atom is -0.452 e. The normalized spacial score (nSPS) is 10.7. The van der Waals surface area contributed by atoms with Crippen molar-refractivity contribution >= 4 is 45.6 Å². The standard InChI is InChI=1S/C17H16BrNO4S/c18-15-8-6-13(23-15)7-9-17(21)22-12-16(20)19-10-11-24-14-4-2-1-3-5-14/h1-9H,10-12H2,(H,19,20)/b9-7+. The van der Waals surface area contributed by atoms with Gasteiger partial charge in [-0.15, -0.1) is 11.8 Å². The highest BCUT2D eigenvalue weighted by atomic mass is 79.9. The Kier molecular flexibility index (Phi) is 7.64. The second kappa shape index (κ2) is 10.00. The van der Waals surface area contributed by atoms with Crippen molar-refractivity contribution in [2.75, 3.05) is 18.9 Å². The van der Waals surface area contributed by atoms with Crippen molar-refractivity contribution in [1.29, 1.82) is 0 Å². The van der Waals surface area contributed by atoms with E-state index in [-0.39, 0.29) is 12.5 Å². The number of halogens is 1. The van der Waals surface area contributed by atoms with Gasteiger partial charge in [0.15, 0.2) is 11.3 Å². The van der Waals surface area contributed by atoms with E-state index in [1.165, 1.54) is 12.2 Å². The lowest BCUT2D eigenvalue weighted by Crippen LogP contribution is -2.30. The van der Waals surface area contributed by atoms with Crippen LogP contribution in [0, 0.1) is 0 Å². The first-order valence-corrected chi connectivity index (χ1v) is 8.96. The number of rotatable bonds is 8. The van der Waals surface area contributed by atoms with Crippen LogP contribution in [0.5, 0.6) is 0 Å². The Labute approximate surface area is 152 Å². The van der Waals surface area contributed by atoms with Crippen LogP contribution in [0.25, 0.3) is 6.08 Å². The molecule has 0 unspecified atom stereocenters. The van der Waals surface area contributed by atoms with Gasteiger partial charge in [0.05, 0.1) is 0 Å². The summed E-state index contributed by atoms with van der Waals surface area (Å²) in [5, 5.41) is 2.70. The molecule has 0 aliphatic carbocycles. The predicted molar refractivity (Wildman–Crippen MR) is 96.6 cm³/mol. The molecule has 1 heterocycles. The van der Waals surface area contributed by atoms with E-state index in [4.69, 9.17) is 9.15 Å². The summed E-state index contributed by atoms with van der Waals surface area (Å²) in [6, 6.07) is 13.3. The van der Waals surface area contributed by atoms with Gasteiger partial charge in [-0.05, 0) is 46.3 Å².